The highest BCUT2D eigenvalue weighted by atomic mass is 32.1. The molecule has 282 valence electrons. The number of aliphatic carboxylic acids is 1. The number of nitrogens with zero attached hydrogens (tertiary/aromatic N) is 3. The summed E-state index contributed by atoms with van der Waals surface area (Å²) in [5.74, 6) is -3.11. The van der Waals surface area contributed by atoms with E-state index in [9.17, 15) is 29.1 Å². The predicted molar refractivity (Wildman–Crippen MR) is 197 cm³/mol. The van der Waals surface area contributed by atoms with E-state index in [2.05, 4.69) is 15.6 Å². The number of nitrogens with one attached hydrogen (secondary N) is 2. The summed E-state index contributed by atoms with van der Waals surface area (Å²) in [5.41, 5.74) is 1.09. The molecule has 7 atom stereocenters. The highest BCUT2D eigenvalue weighted by Crippen LogP contribution is 2.31. The second-order valence-electron chi connectivity index (χ2n) is 14.4. The third-order valence-electron chi connectivity index (χ3n) is 9.98. The molecule has 12 nitrogen and oxygen atoms in total. The number of benzene rings is 1. The van der Waals surface area contributed by atoms with Gasteiger partial charge in [-0.3, -0.25) is 28.9 Å². The molecule has 0 aliphatic carbocycles. The lowest BCUT2D eigenvalue weighted by molar-refractivity contribution is -0.149. The zero-order chi connectivity index (χ0) is 37.8. The molecule has 2 heterocycles. The van der Waals surface area contributed by atoms with Gasteiger partial charge in [0.15, 0.2) is 6.10 Å². The SMILES string of the molecule is CCC(C)C(NC(=O)[C@H]1CCCCN1C)C(=O)N(C)[C@H](C[C@@H](OC(C)=O)c1nc(C(=O)N[C@@H](Cc2ccccc2)C[C@H](C)C(=O)O)cs1)C(C)C. The van der Waals surface area contributed by atoms with Crippen LogP contribution in [0.5, 0.6) is 0 Å². The molecule has 13 heteroatoms. The Balaban J connectivity index is 1.81. The fourth-order valence-electron chi connectivity index (χ4n) is 6.64. The monoisotopic (exact) mass is 727 g/mol. The van der Waals surface area contributed by atoms with Crippen LogP contribution in [-0.2, 0) is 30.3 Å². The quantitative estimate of drug-likeness (QED) is 0.178. The number of amides is 3. The number of carboxylic acid groups (broad SMARTS) is 1. The summed E-state index contributed by atoms with van der Waals surface area (Å²) in [6, 6.07) is 7.68. The molecular weight excluding hydrogens is 671 g/mol. The number of piperidine rings is 1. The van der Waals surface area contributed by atoms with Crippen molar-refractivity contribution in [1.82, 2.24) is 25.4 Å². The van der Waals surface area contributed by atoms with Crippen molar-refractivity contribution in [2.45, 2.75) is 117 Å². The van der Waals surface area contributed by atoms with Crippen molar-refractivity contribution in [3.63, 3.8) is 0 Å². The third kappa shape index (κ3) is 12.1. The molecule has 1 aliphatic heterocycles. The van der Waals surface area contributed by atoms with E-state index < -0.39 is 48.0 Å². The molecule has 1 fully saturated rings. The van der Waals surface area contributed by atoms with Crippen LogP contribution in [0.2, 0.25) is 0 Å². The maximum atomic E-state index is 14.2. The molecule has 1 saturated heterocycles. The zero-order valence-corrected chi connectivity index (χ0v) is 32.2. The Kier molecular flexibility index (Phi) is 16.0. The van der Waals surface area contributed by atoms with Gasteiger partial charge in [-0.15, -0.1) is 11.3 Å². The van der Waals surface area contributed by atoms with Gasteiger partial charge in [0.25, 0.3) is 5.91 Å². The van der Waals surface area contributed by atoms with Crippen molar-refractivity contribution in [2.75, 3.05) is 20.6 Å². The average Bonchev–Trinajstić information content (AvgIpc) is 3.59. The number of likely N-dealkylation sites (N-methyl/N-ethyl adjacent to an activating group) is 2. The van der Waals surface area contributed by atoms with Gasteiger partial charge >= 0.3 is 11.9 Å². The summed E-state index contributed by atoms with van der Waals surface area (Å²) in [4.78, 5) is 73.3. The van der Waals surface area contributed by atoms with E-state index in [1.54, 1.807) is 24.3 Å². The van der Waals surface area contributed by atoms with Gasteiger partial charge in [-0.2, -0.15) is 0 Å². The van der Waals surface area contributed by atoms with Gasteiger partial charge in [-0.05, 0) is 56.7 Å². The standard InChI is InChI=1S/C38H57N5O7S/c1-9-24(4)33(41-35(46)30-17-13-14-18-42(30)7)37(47)43(8)31(23(2)3)21-32(50-26(6)44)36-40-29(22-51-36)34(45)39-28(19-25(5)38(48)49)20-27-15-11-10-12-16-27/h10-12,15-16,22-25,28,30-33H,9,13-14,17-21H2,1-8H3,(H,39,45)(H,41,46)(H,48,49)/t24?,25-,28+,30+,31+,32+,33?/m0/s1. The number of esters is 1. The second kappa shape index (κ2) is 19.7. The Hall–Kier alpha value is -3.84. The summed E-state index contributed by atoms with van der Waals surface area (Å²) in [6.07, 6.45) is 3.53. The number of thiazole rings is 1. The van der Waals surface area contributed by atoms with Crippen molar-refractivity contribution in [3.05, 3.63) is 52.0 Å². The van der Waals surface area contributed by atoms with E-state index in [-0.39, 0.29) is 48.2 Å². The summed E-state index contributed by atoms with van der Waals surface area (Å²) >= 11 is 1.18. The number of ether oxygens (including phenoxy) is 1. The van der Waals surface area contributed by atoms with Crippen molar-refractivity contribution in [1.29, 1.82) is 0 Å². The summed E-state index contributed by atoms with van der Waals surface area (Å²) in [7, 11) is 3.66. The van der Waals surface area contributed by atoms with Gasteiger partial charge in [0, 0.05) is 37.9 Å². The number of hydrogen-bond donors (Lipinski definition) is 3. The van der Waals surface area contributed by atoms with Crippen molar-refractivity contribution >= 4 is 41.0 Å². The van der Waals surface area contributed by atoms with Crippen LogP contribution in [-0.4, -0.2) is 94.4 Å². The van der Waals surface area contributed by atoms with Gasteiger partial charge < -0.3 is 25.4 Å². The lowest BCUT2D eigenvalue weighted by atomic mass is 9.92. The van der Waals surface area contributed by atoms with Crippen molar-refractivity contribution in [3.8, 4) is 0 Å². The highest BCUT2D eigenvalue weighted by molar-refractivity contribution is 7.09. The number of carboxylic acids is 1. The van der Waals surface area contributed by atoms with Gasteiger partial charge in [-0.1, -0.05) is 77.8 Å². The largest absolute Gasteiger partial charge is 0.481 e. The Morgan fingerprint density at radius 2 is 1.75 bits per heavy atom. The first-order valence-corrected chi connectivity index (χ1v) is 19.0. The molecule has 51 heavy (non-hydrogen) atoms. The zero-order valence-electron chi connectivity index (χ0n) is 31.4. The number of carbonyl (C=O) groups is 5. The minimum Gasteiger partial charge on any atom is -0.481 e. The fraction of sp³-hybridized carbons (Fsp3) is 0.632. The van der Waals surface area contributed by atoms with Crippen LogP contribution in [0.15, 0.2) is 35.7 Å². The third-order valence-corrected chi connectivity index (χ3v) is 10.9. The van der Waals surface area contributed by atoms with Crippen LogP contribution in [0.1, 0.15) is 107 Å². The molecular formula is C38H57N5O7S. The van der Waals surface area contributed by atoms with Gasteiger partial charge in [-0.25, -0.2) is 4.98 Å². The Morgan fingerprint density at radius 3 is 2.33 bits per heavy atom. The molecule has 1 aromatic carbocycles. The minimum atomic E-state index is -0.944. The van der Waals surface area contributed by atoms with E-state index in [0.717, 1.165) is 31.4 Å². The molecule has 1 aromatic heterocycles. The minimum absolute atomic E-state index is 0.0486. The Bertz CT molecular complexity index is 1470. The van der Waals surface area contributed by atoms with E-state index in [1.807, 2.05) is 70.0 Å². The van der Waals surface area contributed by atoms with E-state index in [4.69, 9.17) is 4.74 Å². The normalized spacial score (nSPS) is 18.5. The van der Waals surface area contributed by atoms with Gasteiger partial charge in [0.1, 0.15) is 16.7 Å². The molecule has 3 rings (SSSR count). The summed E-state index contributed by atoms with van der Waals surface area (Å²) < 4.78 is 5.76. The van der Waals surface area contributed by atoms with Crippen LogP contribution >= 0.6 is 11.3 Å². The summed E-state index contributed by atoms with van der Waals surface area (Å²) in [5, 5.41) is 17.6. The van der Waals surface area contributed by atoms with Crippen molar-refractivity contribution in [2.24, 2.45) is 17.8 Å². The molecule has 0 bridgehead atoms. The lowest BCUT2D eigenvalue weighted by Gasteiger charge is -2.38. The van der Waals surface area contributed by atoms with E-state index >= 15 is 0 Å². The lowest BCUT2D eigenvalue weighted by Crippen LogP contribution is -2.58. The predicted octanol–water partition coefficient (Wildman–Crippen LogP) is 5.09. The number of carbonyl (C=O) groups excluding carboxylic acids is 4. The molecule has 2 aromatic rings. The molecule has 3 N–H and O–H groups in total. The second-order valence-corrected chi connectivity index (χ2v) is 15.3. The number of aromatic nitrogens is 1. The average molecular weight is 728 g/mol. The molecule has 1 aliphatic rings. The van der Waals surface area contributed by atoms with E-state index in [0.29, 0.717) is 17.8 Å². The van der Waals surface area contributed by atoms with E-state index in [1.165, 1.54) is 18.3 Å². The first kappa shape index (κ1) is 41.6. The Labute approximate surface area is 306 Å². The fourth-order valence-corrected chi connectivity index (χ4v) is 7.48. The molecule has 0 radical (unpaired) electrons. The number of likely N-dealkylation sites (tertiary alicyclic amines) is 1. The summed E-state index contributed by atoms with van der Waals surface area (Å²) in [6.45, 7) is 11.7. The van der Waals surface area contributed by atoms with Crippen LogP contribution < -0.4 is 10.6 Å². The smallest absolute Gasteiger partial charge is 0.306 e. The molecule has 3 amide bonds. The van der Waals surface area contributed by atoms with Gasteiger partial charge in [0.2, 0.25) is 11.8 Å². The first-order chi connectivity index (χ1) is 24.1. The highest BCUT2D eigenvalue weighted by Gasteiger charge is 2.37. The maximum absolute atomic E-state index is 14.2. The first-order valence-electron chi connectivity index (χ1n) is 18.1. The van der Waals surface area contributed by atoms with Crippen molar-refractivity contribution < 1.29 is 33.8 Å². The van der Waals surface area contributed by atoms with Gasteiger partial charge in [0.05, 0.1) is 12.0 Å². The molecule has 0 spiro atoms. The topological polar surface area (TPSA) is 158 Å². The Morgan fingerprint density at radius 1 is 1.06 bits per heavy atom. The molecule has 2 unspecified atom stereocenters. The van der Waals surface area contributed by atoms with Crippen LogP contribution in [0, 0.1) is 17.8 Å². The molecule has 0 saturated carbocycles. The van der Waals surface area contributed by atoms with Crippen LogP contribution in [0.4, 0.5) is 0 Å². The van der Waals surface area contributed by atoms with Crippen LogP contribution in [0.25, 0.3) is 0 Å². The maximum Gasteiger partial charge on any atom is 0.306 e. The number of rotatable bonds is 18. The number of hydrogen-bond acceptors (Lipinski definition) is 9. The van der Waals surface area contributed by atoms with Crippen LogP contribution in [0.3, 0.4) is 0 Å².